The lowest BCUT2D eigenvalue weighted by molar-refractivity contribution is -0.153. The molecule has 1 aliphatic heterocycles. The third-order valence-corrected chi connectivity index (χ3v) is 2.92. The van der Waals surface area contributed by atoms with Crippen molar-refractivity contribution in [2.24, 2.45) is 0 Å². The molecule has 0 saturated carbocycles. The van der Waals surface area contributed by atoms with Crippen LogP contribution < -0.4 is 5.32 Å². The van der Waals surface area contributed by atoms with Crippen molar-refractivity contribution in [1.82, 2.24) is 10.2 Å². The second-order valence-electron chi connectivity index (χ2n) is 4.57. The third-order valence-electron chi connectivity index (χ3n) is 2.92. The number of rotatable bonds is 3. The van der Waals surface area contributed by atoms with E-state index < -0.39 is 36.5 Å². The summed E-state index contributed by atoms with van der Waals surface area (Å²) in [6, 6.07) is 1.50. The van der Waals surface area contributed by atoms with Crippen LogP contribution in [0.15, 0.2) is 18.2 Å². The fraction of sp³-hybridized carbons (Fsp3) is 0.333. The van der Waals surface area contributed by atoms with Crippen LogP contribution >= 0.6 is 0 Å². The molecular weight excluding hydrogens is 293 g/mol. The number of nitrogens with one attached hydrogen (secondary N) is 1. The lowest BCUT2D eigenvalue weighted by Crippen LogP contribution is -2.39. The Balaban J connectivity index is 2.10. The molecule has 0 radical (unpaired) electrons. The Kier molecular flexibility index (Phi) is 3.67. The Morgan fingerprint density at radius 2 is 1.86 bits per heavy atom. The highest BCUT2D eigenvalue weighted by Gasteiger charge is 2.44. The van der Waals surface area contributed by atoms with Gasteiger partial charge in [0.1, 0.15) is 12.6 Å². The first kappa shape index (κ1) is 14.9. The monoisotopic (exact) mass is 304 g/mol. The predicted octanol–water partition coefficient (Wildman–Crippen LogP) is 1.12. The lowest BCUT2D eigenvalue weighted by Gasteiger charge is -2.15. The molecule has 6 nitrogen and oxygen atoms in total. The summed E-state index contributed by atoms with van der Waals surface area (Å²) >= 11 is 0. The van der Waals surface area contributed by atoms with Gasteiger partial charge >= 0.3 is 12.2 Å². The molecule has 114 valence electrons. The van der Waals surface area contributed by atoms with Gasteiger partial charge in [0, 0.05) is 6.42 Å². The van der Waals surface area contributed by atoms with Crippen molar-refractivity contribution in [3.63, 3.8) is 0 Å². The molecule has 0 bridgehead atoms. The summed E-state index contributed by atoms with van der Waals surface area (Å²) < 4.78 is 36.8. The first-order valence-corrected chi connectivity index (χ1v) is 5.87. The van der Waals surface area contributed by atoms with Gasteiger partial charge in [-0.1, -0.05) is 6.07 Å². The summed E-state index contributed by atoms with van der Waals surface area (Å²) in [6.45, 7) is -1.64. The second-order valence-corrected chi connectivity index (χ2v) is 4.57. The van der Waals surface area contributed by atoms with Crippen molar-refractivity contribution in [3.05, 3.63) is 23.8 Å². The molecule has 3 amide bonds. The van der Waals surface area contributed by atoms with Crippen LogP contribution in [0.2, 0.25) is 0 Å². The quantitative estimate of drug-likeness (QED) is 0.576. The Hall–Kier alpha value is -2.45. The molecule has 1 fully saturated rings. The van der Waals surface area contributed by atoms with E-state index in [2.05, 4.69) is 5.32 Å². The molecule has 0 aromatic heterocycles. The van der Waals surface area contributed by atoms with Crippen LogP contribution in [0.1, 0.15) is 5.56 Å². The van der Waals surface area contributed by atoms with Crippen molar-refractivity contribution in [2.75, 3.05) is 6.54 Å². The number of benzene rings is 1. The molecule has 1 unspecified atom stereocenters. The minimum Gasteiger partial charge on any atom is -0.504 e. The molecular formula is C12H11F3N2O4. The molecule has 1 aromatic rings. The summed E-state index contributed by atoms with van der Waals surface area (Å²) in [5, 5.41) is 20.6. The van der Waals surface area contributed by atoms with E-state index in [4.69, 9.17) is 5.11 Å². The van der Waals surface area contributed by atoms with Gasteiger partial charge in [-0.3, -0.25) is 9.69 Å². The topological polar surface area (TPSA) is 89.9 Å². The third kappa shape index (κ3) is 3.36. The van der Waals surface area contributed by atoms with E-state index in [1.165, 1.54) is 18.2 Å². The maximum atomic E-state index is 12.3. The molecule has 1 aliphatic rings. The number of alkyl halides is 3. The number of carbonyl (C=O) groups is 2. The number of aromatic hydroxyl groups is 2. The Morgan fingerprint density at radius 1 is 1.19 bits per heavy atom. The van der Waals surface area contributed by atoms with Gasteiger partial charge in [-0.2, -0.15) is 13.2 Å². The number of amides is 3. The molecule has 21 heavy (non-hydrogen) atoms. The van der Waals surface area contributed by atoms with Crippen LogP contribution in [0.4, 0.5) is 18.0 Å². The minimum absolute atomic E-state index is 0.0905. The van der Waals surface area contributed by atoms with Crippen LogP contribution in [-0.2, 0) is 11.2 Å². The molecule has 0 aliphatic carbocycles. The molecule has 1 atom stereocenters. The maximum absolute atomic E-state index is 12.3. The van der Waals surface area contributed by atoms with Crippen molar-refractivity contribution in [3.8, 4) is 11.5 Å². The van der Waals surface area contributed by atoms with Crippen LogP contribution in [0.25, 0.3) is 0 Å². The summed E-state index contributed by atoms with van der Waals surface area (Å²) in [5.41, 5.74) is 0.387. The van der Waals surface area contributed by atoms with Crippen molar-refractivity contribution < 1.29 is 33.0 Å². The Morgan fingerprint density at radius 3 is 2.43 bits per heavy atom. The van der Waals surface area contributed by atoms with Gasteiger partial charge in [-0.05, 0) is 17.7 Å². The van der Waals surface area contributed by atoms with E-state index in [1.807, 2.05) is 0 Å². The number of hydrogen-bond acceptors (Lipinski definition) is 4. The fourth-order valence-corrected chi connectivity index (χ4v) is 1.98. The van der Waals surface area contributed by atoms with Crippen molar-refractivity contribution in [1.29, 1.82) is 0 Å². The Bertz CT molecular complexity index is 588. The molecule has 1 aromatic carbocycles. The number of hydrogen-bond donors (Lipinski definition) is 3. The van der Waals surface area contributed by atoms with E-state index >= 15 is 0 Å². The summed E-state index contributed by atoms with van der Waals surface area (Å²) in [7, 11) is 0. The smallest absolute Gasteiger partial charge is 0.406 e. The first-order valence-electron chi connectivity index (χ1n) is 5.87. The number of phenolic OH excluding ortho intramolecular Hbond substituents is 2. The number of halogens is 3. The normalized spacial score (nSPS) is 19.0. The number of urea groups is 1. The number of phenols is 2. The fourth-order valence-electron chi connectivity index (χ4n) is 1.98. The summed E-state index contributed by atoms with van der Waals surface area (Å²) in [4.78, 5) is 23.3. The first-order chi connectivity index (χ1) is 9.67. The summed E-state index contributed by atoms with van der Waals surface area (Å²) in [5.74, 6) is -1.76. The molecule has 3 N–H and O–H groups in total. The number of carbonyl (C=O) groups excluding carboxylic acids is 2. The zero-order valence-electron chi connectivity index (χ0n) is 10.5. The molecule has 1 saturated heterocycles. The molecule has 9 heteroatoms. The maximum Gasteiger partial charge on any atom is 0.406 e. The Labute approximate surface area is 116 Å². The predicted molar refractivity (Wildman–Crippen MR) is 63.6 cm³/mol. The van der Waals surface area contributed by atoms with Gasteiger partial charge in [-0.25, -0.2) is 4.79 Å². The average molecular weight is 304 g/mol. The second kappa shape index (κ2) is 5.15. The van der Waals surface area contributed by atoms with E-state index in [9.17, 15) is 27.9 Å². The van der Waals surface area contributed by atoms with E-state index in [0.717, 1.165) is 0 Å². The molecule has 1 heterocycles. The van der Waals surface area contributed by atoms with Gasteiger partial charge in [-0.15, -0.1) is 0 Å². The van der Waals surface area contributed by atoms with Gasteiger partial charge in [0.25, 0.3) is 5.91 Å². The minimum atomic E-state index is -4.67. The molecule has 0 spiro atoms. The van der Waals surface area contributed by atoms with Gasteiger partial charge in [0.15, 0.2) is 11.5 Å². The van der Waals surface area contributed by atoms with Crippen molar-refractivity contribution >= 4 is 11.9 Å². The number of nitrogens with zero attached hydrogens (tertiary/aromatic N) is 1. The standard InChI is InChI=1S/C12H11F3N2O4/c13-12(14,15)5-17-10(20)7(16-11(17)21)3-6-1-2-8(18)9(19)4-6/h1-2,4,7,18-19H,3,5H2,(H,16,21). The van der Waals surface area contributed by atoms with Crippen LogP contribution in [0.5, 0.6) is 11.5 Å². The van der Waals surface area contributed by atoms with Gasteiger partial charge < -0.3 is 15.5 Å². The molecule has 2 rings (SSSR count). The summed E-state index contributed by atoms with van der Waals surface area (Å²) in [6.07, 6.45) is -4.76. The highest BCUT2D eigenvalue weighted by Crippen LogP contribution is 2.26. The van der Waals surface area contributed by atoms with E-state index in [1.54, 1.807) is 0 Å². The highest BCUT2D eigenvalue weighted by atomic mass is 19.4. The van der Waals surface area contributed by atoms with Crippen LogP contribution in [0.3, 0.4) is 0 Å². The van der Waals surface area contributed by atoms with Crippen LogP contribution in [-0.4, -0.2) is 45.8 Å². The van der Waals surface area contributed by atoms with E-state index in [-0.39, 0.29) is 17.1 Å². The van der Waals surface area contributed by atoms with Crippen molar-refractivity contribution in [2.45, 2.75) is 18.6 Å². The van der Waals surface area contributed by atoms with Gasteiger partial charge in [0.05, 0.1) is 0 Å². The van der Waals surface area contributed by atoms with E-state index in [0.29, 0.717) is 5.56 Å². The zero-order valence-corrected chi connectivity index (χ0v) is 10.5. The lowest BCUT2D eigenvalue weighted by atomic mass is 10.1. The van der Waals surface area contributed by atoms with Gasteiger partial charge in [0.2, 0.25) is 0 Å². The largest absolute Gasteiger partial charge is 0.504 e. The van der Waals surface area contributed by atoms with Crippen LogP contribution in [0, 0.1) is 0 Å². The average Bonchev–Trinajstić information content (AvgIpc) is 2.60. The highest BCUT2D eigenvalue weighted by molar-refractivity contribution is 6.04. The SMILES string of the molecule is O=C1NC(Cc2ccc(O)c(O)c2)C(=O)N1CC(F)(F)F. The number of imide groups is 1. The zero-order chi connectivity index (χ0) is 15.8.